The predicted molar refractivity (Wildman–Crippen MR) is 76.2 cm³/mol. The highest BCUT2D eigenvalue weighted by atomic mass is 16.5. The number of hydrazone groups is 1. The lowest BCUT2D eigenvalue weighted by molar-refractivity contribution is 0.415. The largest absolute Gasteiger partial charge is 0.497 e. The zero-order chi connectivity index (χ0) is 14.5. The Morgan fingerprint density at radius 1 is 1.35 bits per heavy atom. The van der Waals surface area contributed by atoms with Gasteiger partial charge in [0, 0.05) is 0 Å². The van der Waals surface area contributed by atoms with Gasteiger partial charge in [0.1, 0.15) is 11.4 Å². The first-order valence-corrected chi connectivity index (χ1v) is 5.98. The molecule has 1 aromatic carbocycles. The van der Waals surface area contributed by atoms with Crippen LogP contribution in [0.15, 0.2) is 34.2 Å². The van der Waals surface area contributed by atoms with Crippen molar-refractivity contribution in [3.63, 3.8) is 0 Å². The maximum absolute atomic E-state index is 11.1. The smallest absolute Gasteiger partial charge is 0.363 e. The average molecular weight is 273 g/mol. The summed E-state index contributed by atoms with van der Waals surface area (Å²) in [5, 5.41) is 10.2. The molecule has 0 atom stereocenters. The summed E-state index contributed by atoms with van der Waals surface area (Å²) >= 11 is 0. The molecule has 7 nitrogen and oxygen atoms in total. The predicted octanol–water partition coefficient (Wildman–Crippen LogP) is 1.32. The van der Waals surface area contributed by atoms with E-state index in [-0.39, 0.29) is 0 Å². The zero-order valence-corrected chi connectivity index (χ0v) is 11.5. The molecule has 2 aromatic rings. The van der Waals surface area contributed by atoms with Crippen molar-refractivity contribution in [2.45, 2.75) is 13.8 Å². The molecule has 0 bridgehead atoms. The van der Waals surface area contributed by atoms with Gasteiger partial charge in [0.2, 0.25) is 0 Å². The van der Waals surface area contributed by atoms with Gasteiger partial charge in [0.25, 0.3) is 0 Å². The average Bonchev–Trinajstić information content (AvgIpc) is 2.48. The molecule has 7 heteroatoms. The molecule has 0 amide bonds. The molecule has 0 spiro atoms. The van der Waals surface area contributed by atoms with E-state index in [0.29, 0.717) is 11.5 Å². The number of hydrogen-bond donors (Lipinski definition) is 2. The lowest BCUT2D eigenvalue weighted by Crippen LogP contribution is -2.16. The summed E-state index contributed by atoms with van der Waals surface area (Å²) in [7, 11) is 1.62. The van der Waals surface area contributed by atoms with Crippen molar-refractivity contribution in [3.8, 4) is 5.75 Å². The highest BCUT2D eigenvalue weighted by Gasteiger charge is 2.02. The van der Waals surface area contributed by atoms with E-state index in [1.807, 2.05) is 31.2 Å². The van der Waals surface area contributed by atoms with E-state index in [0.717, 1.165) is 17.0 Å². The van der Waals surface area contributed by atoms with Gasteiger partial charge in [0.05, 0.1) is 12.8 Å². The second-order valence-electron chi connectivity index (χ2n) is 4.11. The van der Waals surface area contributed by atoms with Crippen molar-refractivity contribution in [2.24, 2.45) is 5.10 Å². The second kappa shape index (κ2) is 5.96. The van der Waals surface area contributed by atoms with E-state index in [4.69, 9.17) is 4.74 Å². The first-order chi connectivity index (χ1) is 9.60. The summed E-state index contributed by atoms with van der Waals surface area (Å²) in [5.74, 6) is 1.12. The summed E-state index contributed by atoms with van der Waals surface area (Å²) < 4.78 is 5.10. The van der Waals surface area contributed by atoms with Crippen LogP contribution in [-0.4, -0.2) is 28.0 Å². The quantitative estimate of drug-likeness (QED) is 0.647. The third-order valence-electron chi connectivity index (χ3n) is 2.71. The van der Waals surface area contributed by atoms with Crippen molar-refractivity contribution >= 4 is 11.5 Å². The van der Waals surface area contributed by atoms with Gasteiger partial charge in [-0.1, -0.05) is 0 Å². The number of rotatable bonds is 4. The molecule has 2 N–H and O–H groups in total. The molecule has 20 heavy (non-hydrogen) atoms. The van der Waals surface area contributed by atoms with Gasteiger partial charge < -0.3 is 4.74 Å². The third kappa shape index (κ3) is 3.19. The molecule has 0 aliphatic carbocycles. The number of hydrogen-bond acceptors (Lipinski definition) is 6. The Labute approximate surface area is 115 Å². The fourth-order valence-electron chi connectivity index (χ4n) is 1.53. The Kier molecular flexibility index (Phi) is 4.09. The number of aromatic amines is 1. The highest BCUT2D eigenvalue weighted by molar-refractivity contribution is 5.99. The van der Waals surface area contributed by atoms with Crippen LogP contribution in [0.25, 0.3) is 0 Å². The molecule has 0 unspecified atom stereocenters. The van der Waals surface area contributed by atoms with Crippen LogP contribution in [0.5, 0.6) is 5.75 Å². The van der Waals surface area contributed by atoms with E-state index in [1.54, 1.807) is 14.0 Å². The van der Waals surface area contributed by atoms with Crippen molar-refractivity contribution < 1.29 is 4.74 Å². The molecular weight excluding hydrogens is 258 g/mol. The number of aryl methyl sites for hydroxylation is 1. The Bertz CT molecular complexity index is 676. The summed E-state index contributed by atoms with van der Waals surface area (Å²) in [5.41, 5.74) is 4.49. The molecule has 104 valence electrons. The van der Waals surface area contributed by atoms with Crippen LogP contribution in [0.1, 0.15) is 18.2 Å². The number of aromatic nitrogens is 3. The minimum atomic E-state index is -0.518. The number of benzene rings is 1. The molecule has 2 rings (SSSR count). The SMILES string of the molecule is COc1ccc(/C(C)=N/Nc2nc(=O)[nH]nc2C)cc1. The number of ether oxygens (including phenoxy) is 1. The standard InChI is InChI=1S/C13H15N5O2/c1-8(10-4-6-11(20-3)7-5-10)15-17-12-9(2)16-18-13(19)14-12/h4-7H,1-3H3,(H2,14,17,18,19)/b15-8+. The van der Waals surface area contributed by atoms with Crippen LogP contribution in [0.2, 0.25) is 0 Å². The molecule has 0 radical (unpaired) electrons. The molecule has 0 saturated heterocycles. The van der Waals surface area contributed by atoms with E-state index in [1.165, 1.54) is 0 Å². The topological polar surface area (TPSA) is 92.3 Å². The van der Waals surface area contributed by atoms with Crippen LogP contribution in [0.4, 0.5) is 5.82 Å². The number of nitrogens with one attached hydrogen (secondary N) is 2. The van der Waals surface area contributed by atoms with E-state index >= 15 is 0 Å². The molecule has 0 aliphatic heterocycles. The van der Waals surface area contributed by atoms with Gasteiger partial charge in [-0.05, 0) is 43.7 Å². The van der Waals surface area contributed by atoms with Gasteiger partial charge in [0.15, 0.2) is 5.82 Å². The van der Waals surface area contributed by atoms with Gasteiger partial charge >= 0.3 is 5.69 Å². The number of nitrogens with zero attached hydrogens (tertiary/aromatic N) is 3. The van der Waals surface area contributed by atoms with Crippen molar-refractivity contribution in [1.82, 2.24) is 15.2 Å². The Morgan fingerprint density at radius 2 is 2.05 bits per heavy atom. The molecule has 0 saturated carbocycles. The third-order valence-corrected chi connectivity index (χ3v) is 2.71. The van der Waals surface area contributed by atoms with Gasteiger partial charge in [-0.25, -0.2) is 9.89 Å². The molecule has 0 aliphatic rings. The lowest BCUT2D eigenvalue weighted by Gasteiger charge is -2.05. The van der Waals surface area contributed by atoms with Crippen molar-refractivity contribution in [3.05, 3.63) is 46.0 Å². The molecule has 1 aromatic heterocycles. The van der Waals surface area contributed by atoms with E-state index in [2.05, 4.69) is 25.7 Å². The Morgan fingerprint density at radius 3 is 2.70 bits per heavy atom. The molecular formula is C13H15N5O2. The van der Waals surface area contributed by atoms with Crippen LogP contribution < -0.4 is 15.9 Å². The van der Waals surface area contributed by atoms with Gasteiger partial charge in [-0.15, -0.1) is 0 Å². The Balaban J connectivity index is 2.17. The van der Waals surface area contributed by atoms with Crippen LogP contribution in [0, 0.1) is 6.92 Å². The van der Waals surface area contributed by atoms with E-state index < -0.39 is 5.69 Å². The first-order valence-electron chi connectivity index (χ1n) is 5.98. The van der Waals surface area contributed by atoms with Gasteiger partial charge in [-0.2, -0.15) is 15.2 Å². The number of anilines is 1. The molecule has 1 heterocycles. The van der Waals surface area contributed by atoms with E-state index in [9.17, 15) is 4.79 Å². The minimum absolute atomic E-state index is 0.335. The maximum atomic E-state index is 11.1. The van der Waals surface area contributed by atoms with Crippen LogP contribution in [0.3, 0.4) is 0 Å². The second-order valence-corrected chi connectivity index (χ2v) is 4.11. The molecule has 0 fully saturated rings. The maximum Gasteiger partial charge on any atom is 0.363 e. The van der Waals surface area contributed by atoms with Crippen molar-refractivity contribution in [2.75, 3.05) is 12.5 Å². The fourth-order valence-corrected chi connectivity index (χ4v) is 1.53. The first kappa shape index (κ1) is 13.7. The van der Waals surface area contributed by atoms with Gasteiger partial charge in [-0.3, -0.25) is 5.43 Å². The summed E-state index contributed by atoms with van der Waals surface area (Å²) in [6, 6.07) is 7.50. The lowest BCUT2D eigenvalue weighted by atomic mass is 10.1. The Hall–Kier alpha value is -2.70. The van der Waals surface area contributed by atoms with Crippen LogP contribution in [-0.2, 0) is 0 Å². The summed E-state index contributed by atoms with van der Waals surface area (Å²) in [4.78, 5) is 14.9. The number of methoxy groups -OCH3 is 1. The summed E-state index contributed by atoms with van der Waals surface area (Å²) in [6.45, 7) is 3.58. The fraction of sp³-hybridized carbons (Fsp3) is 0.231. The highest BCUT2D eigenvalue weighted by Crippen LogP contribution is 2.12. The minimum Gasteiger partial charge on any atom is -0.497 e. The monoisotopic (exact) mass is 273 g/mol. The van der Waals surface area contributed by atoms with Crippen molar-refractivity contribution in [1.29, 1.82) is 0 Å². The zero-order valence-electron chi connectivity index (χ0n) is 11.5. The van der Waals surface area contributed by atoms with Crippen LogP contribution >= 0.6 is 0 Å². The normalized spacial score (nSPS) is 11.2. The summed E-state index contributed by atoms with van der Waals surface area (Å²) in [6.07, 6.45) is 0. The number of H-pyrrole nitrogens is 1.